The molecular weight excluding hydrogens is 242 g/mol. The standard InChI is InChI=1S/C17H18F2/c1-13-5-9-15(10-6-13)16-11-7-14(8-12-16)3-2-4-17(18)19/h5-12,17H,2-4H2,1H3. The van der Waals surface area contributed by atoms with Crippen LogP contribution < -0.4 is 0 Å². The molecule has 2 aromatic carbocycles. The van der Waals surface area contributed by atoms with Crippen LogP contribution in [0, 0.1) is 6.92 Å². The molecule has 0 unspecified atom stereocenters. The Balaban J connectivity index is 2.00. The molecule has 0 fully saturated rings. The van der Waals surface area contributed by atoms with Crippen molar-refractivity contribution in [1.29, 1.82) is 0 Å². The van der Waals surface area contributed by atoms with Crippen LogP contribution in [0.1, 0.15) is 24.0 Å². The summed E-state index contributed by atoms with van der Waals surface area (Å²) < 4.78 is 24.1. The molecule has 0 aliphatic rings. The van der Waals surface area contributed by atoms with E-state index in [1.165, 1.54) is 11.1 Å². The maximum absolute atomic E-state index is 12.1. The van der Waals surface area contributed by atoms with Gasteiger partial charge in [-0.15, -0.1) is 0 Å². The van der Waals surface area contributed by atoms with E-state index < -0.39 is 6.43 Å². The van der Waals surface area contributed by atoms with Gasteiger partial charge in [0.15, 0.2) is 0 Å². The van der Waals surface area contributed by atoms with Gasteiger partial charge in [0, 0.05) is 6.42 Å². The molecule has 0 radical (unpaired) electrons. The van der Waals surface area contributed by atoms with Crippen molar-refractivity contribution in [1.82, 2.24) is 0 Å². The lowest BCUT2D eigenvalue weighted by Gasteiger charge is -2.05. The number of benzene rings is 2. The van der Waals surface area contributed by atoms with Crippen molar-refractivity contribution in [3.05, 3.63) is 59.7 Å². The first-order valence-corrected chi connectivity index (χ1v) is 6.59. The number of alkyl halides is 2. The molecule has 100 valence electrons. The fraction of sp³-hybridized carbons (Fsp3) is 0.294. The van der Waals surface area contributed by atoms with E-state index in [2.05, 4.69) is 43.3 Å². The van der Waals surface area contributed by atoms with Crippen molar-refractivity contribution in [2.45, 2.75) is 32.6 Å². The van der Waals surface area contributed by atoms with E-state index in [1.807, 2.05) is 12.1 Å². The first-order chi connectivity index (χ1) is 9.15. The summed E-state index contributed by atoms with van der Waals surface area (Å²) in [5, 5.41) is 0. The Bertz CT molecular complexity index is 498. The van der Waals surface area contributed by atoms with Crippen molar-refractivity contribution in [3.8, 4) is 11.1 Å². The molecule has 19 heavy (non-hydrogen) atoms. The molecule has 0 nitrogen and oxygen atoms in total. The third-order valence-corrected chi connectivity index (χ3v) is 3.23. The molecule has 0 spiro atoms. The number of aryl methyl sites for hydroxylation is 2. The first kappa shape index (κ1) is 13.7. The van der Waals surface area contributed by atoms with Crippen LogP contribution in [0.4, 0.5) is 8.78 Å². The zero-order valence-electron chi connectivity index (χ0n) is 11.1. The van der Waals surface area contributed by atoms with Gasteiger partial charge in [-0.05, 0) is 36.5 Å². The fourth-order valence-electron chi connectivity index (χ4n) is 2.07. The van der Waals surface area contributed by atoms with Crippen LogP contribution in [0.2, 0.25) is 0 Å². The van der Waals surface area contributed by atoms with Crippen LogP contribution in [-0.4, -0.2) is 6.43 Å². The van der Waals surface area contributed by atoms with E-state index in [4.69, 9.17) is 0 Å². The zero-order chi connectivity index (χ0) is 13.7. The van der Waals surface area contributed by atoms with Crippen LogP contribution in [0.5, 0.6) is 0 Å². The van der Waals surface area contributed by atoms with Gasteiger partial charge in [0.05, 0.1) is 0 Å². The average Bonchev–Trinajstić information content (AvgIpc) is 2.40. The summed E-state index contributed by atoms with van der Waals surface area (Å²) in [5.41, 5.74) is 4.71. The quantitative estimate of drug-likeness (QED) is 0.688. The molecule has 0 amide bonds. The highest BCUT2D eigenvalue weighted by atomic mass is 19.3. The molecule has 0 aromatic heterocycles. The highest BCUT2D eigenvalue weighted by molar-refractivity contribution is 5.63. The molecule has 0 atom stereocenters. The molecule has 0 N–H and O–H groups in total. The van der Waals surface area contributed by atoms with Gasteiger partial charge in [0.2, 0.25) is 6.43 Å². The van der Waals surface area contributed by atoms with Gasteiger partial charge in [0.1, 0.15) is 0 Å². The van der Waals surface area contributed by atoms with Crippen molar-refractivity contribution < 1.29 is 8.78 Å². The molecule has 2 heteroatoms. The largest absolute Gasteiger partial charge is 0.238 e. The molecule has 0 aliphatic carbocycles. The minimum atomic E-state index is -2.19. The van der Waals surface area contributed by atoms with E-state index >= 15 is 0 Å². The van der Waals surface area contributed by atoms with Crippen LogP contribution in [0.3, 0.4) is 0 Å². The Morgan fingerprint density at radius 2 is 1.37 bits per heavy atom. The predicted octanol–water partition coefficient (Wildman–Crippen LogP) is 5.25. The summed E-state index contributed by atoms with van der Waals surface area (Å²) in [5.74, 6) is 0. The maximum Gasteiger partial charge on any atom is 0.238 e. The second-order valence-corrected chi connectivity index (χ2v) is 4.85. The molecule has 0 saturated heterocycles. The van der Waals surface area contributed by atoms with E-state index in [9.17, 15) is 8.78 Å². The molecule has 0 aliphatic heterocycles. The van der Waals surface area contributed by atoms with Crippen molar-refractivity contribution >= 4 is 0 Å². The Kier molecular flexibility index (Phi) is 4.67. The summed E-state index contributed by atoms with van der Waals surface area (Å²) in [6.07, 6.45) is -0.938. The van der Waals surface area contributed by atoms with Crippen LogP contribution in [0.15, 0.2) is 48.5 Å². The minimum Gasteiger partial charge on any atom is -0.211 e. The van der Waals surface area contributed by atoms with Crippen molar-refractivity contribution in [2.24, 2.45) is 0 Å². The van der Waals surface area contributed by atoms with E-state index in [1.54, 1.807) is 0 Å². The number of rotatable bonds is 5. The highest BCUT2D eigenvalue weighted by Gasteiger charge is 2.02. The summed E-state index contributed by atoms with van der Waals surface area (Å²) >= 11 is 0. The summed E-state index contributed by atoms with van der Waals surface area (Å²) in [4.78, 5) is 0. The Labute approximate surface area is 113 Å². The molecule has 2 rings (SSSR count). The Hall–Kier alpha value is -1.70. The van der Waals surface area contributed by atoms with Crippen molar-refractivity contribution in [2.75, 3.05) is 0 Å². The predicted molar refractivity (Wildman–Crippen MR) is 75.6 cm³/mol. The topological polar surface area (TPSA) is 0 Å². The minimum absolute atomic E-state index is 0.0142. The van der Waals surface area contributed by atoms with E-state index in [0.29, 0.717) is 6.42 Å². The van der Waals surface area contributed by atoms with Gasteiger partial charge in [-0.1, -0.05) is 54.1 Å². The summed E-state index contributed by atoms with van der Waals surface area (Å²) in [6, 6.07) is 16.5. The molecule has 0 saturated carbocycles. The third kappa shape index (κ3) is 4.16. The normalized spacial score (nSPS) is 10.9. The number of hydrogen-bond acceptors (Lipinski definition) is 0. The van der Waals surface area contributed by atoms with Gasteiger partial charge < -0.3 is 0 Å². The number of hydrogen-bond donors (Lipinski definition) is 0. The van der Waals surface area contributed by atoms with Crippen LogP contribution in [-0.2, 0) is 6.42 Å². The lowest BCUT2D eigenvalue weighted by atomic mass is 10.0. The molecular formula is C17H18F2. The van der Waals surface area contributed by atoms with Gasteiger partial charge in [-0.25, -0.2) is 8.78 Å². The second kappa shape index (κ2) is 6.46. The second-order valence-electron chi connectivity index (χ2n) is 4.85. The molecule has 0 heterocycles. The van der Waals surface area contributed by atoms with Gasteiger partial charge in [-0.3, -0.25) is 0 Å². The maximum atomic E-state index is 12.1. The first-order valence-electron chi connectivity index (χ1n) is 6.59. The van der Waals surface area contributed by atoms with Crippen molar-refractivity contribution in [3.63, 3.8) is 0 Å². The summed E-state index contributed by atoms with van der Waals surface area (Å²) in [6.45, 7) is 2.07. The van der Waals surface area contributed by atoms with Gasteiger partial charge in [-0.2, -0.15) is 0 Å². The van der Waals surface area contributed by atoms with Crippen LogP contribution in [0.25, 0.3) is 11.1 Å². The SMILES string of the molecule is Cc1ccc(-c2ccc(CCCC(F)F)cc2)cc1. The highest BCUT2D eigenvalue weighted by Crippen LogP contribution is 2.21. The summed E-state index contributed by atoms with van der Waals surface area (Å²) in [7, 11) is 0. The fourth-order valence-corrected chi connectivity index (χ4v) is 2.07. The monoisotopic (exact) mass is 260 g/mol. The zero-order valence-corrected chi connectivity index (χ0v) is 11.1. The molecule has 2 aromatic rings. The third-order valence-electron chi connectivity index (χ3n) is 3.23. The lowest BCUT2D eigenvalue weighted by Crippen LogP contribution is -1.92. The lowest BCUT2D eigenvalue weighted by molar-refractivity contribution is 0.135. The van der Waals surface area contributed by atoms with Crippen LogP contribution >= 0.6 is 0 Å². The number of halogens is 2. The Morgan fingerprint density at radius 3 is 1.89 bits per heavy atom. The molecule has 0 bridgehead atoms. The smallest absolute Gasteiger partial charge is 0.211 e. The van der Waals surface area contributed by atoms with E-state index in [0.717, 1.165) is 17.5 Å². The Morgan fingerprint density at radius 1 is 0.842 bits per heavy atom. The van der Waals surface area contributed by atoms with Gasteiger partial charge in [0.25, 0.3) is 0 Å². The van der Waals surface area contributed by atoms with E-state index in [-0.39, 0.29) is 6.42 Å². The average molecular weight is 260 g/mol. The van der Waals surface area contributed by atoms with Gasteiger partial charge >= 0.3 is 0 Å².